The number of aliphatic hydroxyl groups is 2. The Morgan fingerprint density at radius 3 is 2.37 bits per heavy atom. The zero-order valence-electron chi connectivity index (χ0n) is 31.5. The van der Waals surface area contributed by atoms with Crippen LogP contribution < -0.4 is 0 Å². The Balaban J connectivity index is 1.65. The van der Waals surface area contributed by atoms with E-state index in [1.54, 1.807) is 33.1 Å². The first-order chi connectivity index (χ1) is 23.2. The molecule has 1 aromatic carbocycles. The zero-order chi connectivity index (χ0) is 36.5. The summed E-state index contributed by atoms with van der Waals surface area (Å²) in [6.45, 7) is 16.7. The molecule has 0 bridgehead atoms. The standard InChI is InChI=1S/C39H64O10/c1-10-30(36-26(6)23-39(12-3,49-36)31-17-18-38(44,11-2)28(8)48-31)35(42)27(7)33(40)24(4)13-15-29-16-14-25(5)34(41)32(29)37(43)47-22-21-46-20-19-45-9/h14,16,24,26-28,30-31,33,36,40-41,44H,10-13,15,17-23H2,1-9H3/t24-,26+,27+,28+,30+,31?,33+,36?,38-,39+/m1/s1. The maximum absolute atomic E-state index is 14.1. The molecule has 2 saturated heterocycles. The van der Waals surface area contributed by atoms with Crippen molar-refractivity contribution in [2.24, 2.45) is 23.7 Å². The monoisotopic (exact) mass is 692 g/mol. The van der Waals surface area contributed by atoms with E-state index in [0.29, 0.717) is 62.9 Å². The molecule has 2 fully saturated rings. The molecule has 2 heterocycles. The summed E-state index contributed by atoms with van der Waals surface area (Å²) in [5, 5.41) is 33.2. The molecule has 0 aromatic heterocycles. The van der Waals surface area contributed by atoms with Gasteiger partial charge in [-0.15, -0.1) is 0 Å². The quantitative estimate of drug-likeness (QED) is 0.117. The Kier molecular flexibility index (Phi) is 15.5. The molecule has 2 unspecified atom stereocenters. The fraction of sp³-hybridized carbons (Fsp3) is 0.795. The topological polar surface area (TPSA) is 141 Å². The number of Topliss-reactive ketones (excluding diaryl/α,β-unsaturated/α-hetero) is 1. The molecule has 0 spiro atoms. The second kappa shape index (κ2) is 18.4. The Morgan fingerprint density at radius 1 is 1.06 bits per heavy atom. The second-order valence-electron chi connectivity index (χ2n) is 14.7. The van der Waals surface area contributed by atoms with Gasteiger partial charge in [-0.3, -0.25) is 4.79 Å². The van der Waals surface area contributed by atoms with Crippen LogP contribution in [-0.2, 0) is 34.9 Å². The minimum absolute atomic E-state index is 0.00569. The van der Waals surface area contributed by atoms with Crippen LogP contribution in [0.25, 0.3) is 0 Å². The third kappa shape index (κ3) is 9.63. The lowest BCUT2D eigenvalue weighted by atomic mass is 9.76. The molecule has 3 rings (SSSR count). The number of rotatable bonds is 19. The number of phenolic OH excluding ortho intramolecular Hbond substituents is 1. The summed E-state index contributed by atoms with van der Waals surface area (Å²) < 4.78 is 29.0. The van der Waals surface area contributed by atoms with E-state index in [-0.39, 0.29) is 66.4 Å². The van der Waals surface area contributed by atoms with Crippen molar-refractivity contribution < 1.29 is 48.6 Å². The predicted molar refractivity (Wildman–Crippen MR) is 188 cm³/mol. The molecule has 0 radical (unpaired) electrons. The largest absolute Gasteiger partial charge is 0.507 e. The zero-order valence-corrected chi connectivity index (χ0v) is 31.5. The van der Waals surface area contributed by atoms with E-state index in [1.165, 1.54) is 0 Å². The summed E-state index contributed by atoms with van der Waals surface area (Å²) >= 11 is 0. The lowest BCUT2D eigenvalue weighted by Gasteiger charge is -2.47. The molecule has 10 nitrogen and oxygen atoms in total. The van der Waals surface area contributed by atoms with Crippen LogP contribution in [0.2, 0.25) is 0 Å². The van der Waals surface area contributed by atoms with Gasteiger partial charge in [0.15, 0.2) is 0 Å². The lowest BCUT2D eigenvalue weighted by molar-refractivity contribution is -0.229. The number of esters is 1. The van der Waals surface area contributed by atoms with Gasteiger partial charge in [0.2, 0.25) is 0 Å². The van der Waals surface area contributed by atoms with Gasteiger partial charge in [0.25, 0.3) is 0 Å². The summed E-state index contributed by atoms with van der Waals surface area (Å²) in [5.74, 6) is -1.87. The SMILES string of the molecule is CC[C@@H](C(=O)[C@@H](C)[C@@H](O)[C@H](C)CCc1ccc(C)c(O)c1C(=O)OCCOCCOC)C1O[C@](CC)(C2CC[C@](O)(CC)[C@H](C)O2)C[C@@H]1C. The summed E-state index contributed by atoms with van der Waals surface area (Å²) in [4.78, 5) is 27.1. The highest BCUT2D eigenvalue weighted by Gasteiger charge is 2.55. The van der Waals surface area contributed by atoms with Crippen molar-refractivity contribution in [3.05, 3.63) is 28.8 Å². The number of aliphatic hydroxyl groups excluding tert-OH is 1. The molecule has 0 saturated carbocycles. The van der Waals surface area contributed by atoms with Gasteiger partial charge in [-0.25, -0.2) is 4.79 Å². The maximum atomic E-state index is 14.1. The van der Waals surface area contributed by atoms with Gasteiger partial charge in [-0.05, 0) is 88.2 Å². The number of hydrogen-bond acceptors (Lipinski definition) is 10. The van der Waals surface area contributed by atoms with Crippen LogP contribution in [0.3, 0.4) is 0 Å². The summed E-state index contributed by atoms with van der Waals surface area (Å²) in [6.07, 6.45) is 3.40. The van der Waals surface area contributed by atoms with Gasteiger partial charge in [-0.2, -0.15) is 0 Å². The average molecular weight is 693 g/mol. The fourth-order valence-electron chi connectivity index (χ4n) is 7.95. The molecule has 10 heteroatoms. The second-order valence-corrected chi connectivity index (χ2v) is 14.7. The Bertz CT molecular complexity index is 1220. The highest BCUT2D eigenvalue weighted by molar-refractivity contribution is 5.94. The first kappa shape index (κ1) is 41.3. The number of aromatic hydroxyl groups is 1. The van der Waals surface area contributed by atoms with Crippen molar-refractivity contribution in [2.45, 2.75) is 142 Å². The van der Waals surface area contributed by atoms with Crippen molar-refractivity contribution in [2.75, 3.05) is 33.5 Å². The molecule has 0 amide bonds. The van der Waals surface area contributed by atoms with Gasteiger partial charge in [0.05, 0.1) is 55.4 Å². The summed E-state index contributed by atoms with van der Waals surface area (Å²) in [6, 6.07) is 3.57. The van der Waals surface area contributed by atoms with Crippen molar-refractivity contribution in [1.29, 1.82) is 0 Å². The first-order valence-electron chi connectivity index (χ1n) is 18.5. The van der Waals surface area contributed by atoms with Crippen molar-refractivity contribution in [3.63, 3.8) is 0 Å². The highest BCUT2D eigenvalue weighted by atomic mass is 16.6. The molecule has 2 aliphatic rings. The molecule has 2 aliphatic heterocycles. The van der Waals surface area contributed by atoms with Crippen LogP contribution in [0.4, 0.5) is 0 Å². The number of carbonyl (C=O) groups is 2. The van der Waals surface area contributed by atoms with E-state index < -0.39 is 29.2 Å². The molecule has 49 heavy (non-hydrogen) atoms. The summed E-state index contributed by atoms with van der Waals surface area (Å²) in [5.41, 5.74) is -0.0444. The van der Waals surface area contributed by atoms with Crippen LogP contribution in [0.1, 0.15) is 115 Å². The molecule has 280 valence electrons. The fourth-order valence-corrected chi connectivity index (χ4v) is 7.95. The van der Waals surface area contributed by atoms with Gasteiger partial charge in [0.1, 0.15) is 23.7 Å². The number of carbonyl (C=O) groups excluding carboxylic acids is 2. The smallest absolute Gasteiger partial charge is 0.342 e. The minimum Gasteiger partial charge on any atom is -0.507 e. The predicted octanol–water partition coefficient (Wildman–Crippen LogP) is 5.96. The number of methoxy groups -OCH3 is 1. The third-order valence-corrected chi connectivity index (χ3v) is 11.5. The van der Waals surface area contributed by atoms with Crippen LogP contribution >= 0.6 is 0 Å². The van der Waals surface area contributed by atoms with Gasteiger partial charge in [-0.1, -0.05) is 53.7 Å². The Hall–Kier alpha value is -2.08. The van der Waals surface area contributed by atoms with Gasteiger partial charge >= 0.3 is 5.97 Å². The van der Waals surface area contributed by atoms with Crippen LogP contribution in [0, 0.1) is 30.6 Å². The maximum Gasteiger partial charge on any atom is 0.342 e. The van der Waals surface area contributed by atoms with Gasteiger partial charge in [0, 0.05) is 18.9 Å². The number of ketones is 1. The number of benzene rings is 1. The van der Waals surface area contributed by atoms with E-state index in [4.69, 9.17) is 23.7 Å². The normalized spacial score (nSPS) is 29.7. The van der Waals surface area contributed by atoms with E-state index in [1.807, 2.05) is 27.7 Å². The van der Waals surface area contributed by atoms with Crippen LogP contribution in [-0.4, -0.2) is 96.2 Å². The first-order valence-corrected chi connectivity index (χ1v) is 18.5. The van der Waals surface area contributed by atoms with E-state index in [9.17, 15) is 24.9 Å². The molecular formula is C39H64O10. The molecule has 0 aliphatic carbocycles. The van der Waals surface area contributed by atoms with Gasteiger partial charge < -0.3 is 39.0 Å². The lowest BCUT2D eigenvalue weighted by Crippen LogP contribution is -2.55. The van der Waals surface area contributed by atoms with E-state index >= 15 is 0 Å². The number of hydrogen-bond donors (Lipinski definition) is 3. The number of aryl methyl sites for hydroxylation is 2. The van der Waals surface area contributed by atoms with Crippen molar-refractivity contribution >= 4 is 11.8 Å². The molecule has 3 N–H and O–H groups in total. The molecule has 10 atom stereocenters. The molecule has 1 aromatic rings. The molecular weight excluding hydrogens is 628 g/mol. The average Bonchev–Trinajstić information content (AvgIpc) is 3.43. The highest BCUT2D eigenvalue weighted by Crippen LogP contribution is 2.48. The van der Waals surface area contributed by atoms with E-state index in [2.05, 4.69) is 13.8 Å². The third-order valence-electron chi connectivity index (χ3n) is 11.5. The van der Waals surface area contributed by atoms with Crippen molar-refractivity contribution in [1.82, 2.24) is 0 Å². The minimum atomic E-state index is -0.901. The number of ether oxygens (including phenoxy) is 5. The van der Waals surface area contributed by atoms with Crippen LogP contribution in [0.15, 0.2) is 12.1 Å². The van der Waals surface area contributed by atoms with Crippen molar-refractivity contribution in [3.8, 4) is 5.75 Å². The van der Waals surface area contributed by atoms with Crippen LogP contribution in [0.5, 0.6) is 5.75 Å². The Morgan fingerprint density at radius 2 is 1.76 bits per heavy atom. The Labute approximate surface area is 294 Å². The van der Waals surface area contributed by atoms with E-state index in [0.717, 1.165) is 12.8 Å². The number of phenols is 1. The summed E-state index contributed by atoms with van der Waals surface area (Å²) in [7, 11) is 1.58.